The number of anilines is 1. The molecule has 116 valence electrons. The van der Waals surface area contributed by atoms with Crippen LogP contribution < -0.4 is 11.3 Å². The fourth-order valence-electron chi connectivity index (χ4n) is 2.96. The Kier molecular flexibility index (Phi) is 3.68. The zero-order valence-corrected chi connectivity index (χ0v) is 13.6. The van der Waals surface area contributed by atoms with Crippen LogP contribution in [0.4, 0.5) is 5.82 Å². The molecule has 0 aliphatic carbocycles. The normalized spacial score (nSPS) is 24.5. The molecule has 3 heterocycles. The highest BCUT2D eigenvalue weighted by Crippen LogP contribution is 2.32. The molecule has 9 heteroatoms. The minimum Gasteiger partial charge on any atom is -0.306 e. The maximum absolute atomic E-state index is 13.0. The highest BCUT2D eigenvalue weighted by Gasteiger charge is 2.37. The molecule has 0 saturated carbocycles. The summed E-state index contributed by atoms with van der Waals surface area (Å²) >= 11 is 1.37. The molecule has 3 rings (SSSR count). The van der Waals surface area contributed by atoms with Crippen molar-refractivity contribution in [2.75, 3.05) is 12.0 Å². The molecule has 0 spiro atoms. The van der Waals surface area contributed by atoms with Crippen molar-refractivity contribution in [2.24, 2.45) is 11.8 Å². The van der Waals surface area contributed by atoms with E-state index in [2.05, 4.69) is 17.3 Å². The number of rotatable bonds is 3. The number of thiazole rings is 1. The van der Waals surface area contributed by atoms with Crippen LogP contribution in [-0.2, 0) is 10.0 Å². The molecule has 2 atom stereocenters. The van der Waals surface area contributed by atoms with Gasteiger partial charge in [0.1, 0.15) is 0 Å². The van der Waals surface area contributed by atoms with Crippen LogP contribution in [-0.4, -0.2) is 34.7 Å². The summed E-state index contributed by atoms with van der Waals surface area (Å²) in [6, 6.07) is -0.0199. The summed E-state index contributed by atoms with van der Waals surface area (Å²) in [5.41, 5.74) is 2.41. The van der Waals surface area contributed by atoms with Gasteiger partial charge < -0.3 is 5.43 Å². The summed E-state index contributed by atoms with van der Waals surface area (Å²) in [6.07, 6.45) is 3.45. The highest BCUT2D eigenvalue weighted by molar-refractivity contribution is 7.89. The van der Waals surface area contributed by atoms with E-state index >= 15 is 0 Å². The van der Waals surface area contributed by atoms with Crippen LogP contribution in [0.5, 0.6) is 0 Å². The van der Waals surface area contributed by atoms with E-state index in [9.17, 15) is 8.42 Å². The minimum atomic E-state index is -3.63. The summed E-state index contributed by atoms with van der Waals surface area (Å²) in [5.74, 6) is 6.20. The molecule has 1 aliphatic heterocycles. The molecule has 2 unspecified atom stereocenters. The zero-order chi connectivity index (χ0) is 15.2. The summed E-state index contributed by atoms with van der Waals surface area (Å²) in [7, 11) is -3.63. The van der Waals surface area contributed by atoms with Crippen molar-refractivity contribution in [1.29, 1.82) is 0 Å². The summed E-state index contributed by atoms with van der Waals surface area (Å²) < 4.78 is 29.2. The molecule has 1 saturated heterocycles. The fraction of sp³-hybridized carbons (Fsp3) is 0.583. The van der Waals surface area contributed by atoms with Crippen molar-refractivity contribution in [3.05, 3.63) is 11.6 Å². The average Bonchev–Trinajstić information content (AvgIpc) is 2.96. The lowest BCUT2D eigenvalue weighted by molar-refractivity contribution is 0.219. The number of nitrogens with two attached hydrogens (primary N) is 1. The molecule has 0 amide bonds. The van der Waals surface area contributed by atoms with Crippen LogP contribution in [0.1, 0.15) is 26.7 Å². The number of imidazole rings is 1. The smallest absolute Gasteiger partial charge is 0.263 e. The van der Waals surface area contributed by atoms with Gasteiger partial charge in [0.25, 0.3) is 10.0 Å². The van der Waals surface area contributed by atoms with Gasteiger partial charge >= 0.3 is 0 Å². The topological polar surface area (TPSA) is 92.7 Å². The third kappa shape index (κ3) is 2.33. The Labute approximate surface area is 127 Å². The monoisotopic (exact) mass is 329 g/mol. The second-order valence-corrected chi connectivity index (χ2v) is 8.24. The number of hydrazine groups is 1. The van der Waals surface area contributed by atoms with Crippen LogP contribution in [0.2, 0.25) is 0 Å². The van der Waals surface area contributed by atoms with Crippen LogP contribution in [0.3, 0.4) is 0 Å². The van der Waals surface area contributed by atoms with E-state index in [1.165, 1.54) is 11.3 Å². The Hall–Kier alpha value is -1.16. The Morgan fingerprint density at radius 1 is 1.48 bits per heavy atom. The lowest BCUT2D eigenvalue weighted by Gasteiger charge is -2.35. The third-order valence-corrected chi connectivity index (χ3v) is 6.78. The number of nitrogens with one attached hydrogen (secondary N) is 1. The SMILES string of the molecule is CC1CCN(S(=O)(=O)c2c(NN)nc3sccn23)C(C)C1. The van der Waals surface area contributed by atoms with Gasteiger partial charge in [0.05, 0.1) is 0 Å². The first-order valence-electron chi connectivity index (χ1n) is 6.89. The van der Waals surface area contributed by atoms with Crippen LogP contribution in [0.15, 0.2) is 16.6 Å². The first-order chi connectivity index (χ1) is 9.95. The fourth-order valence-corrected chi connectivity index (χ4v) is 5.60. The van der Waals surface area contributed by atoms with Crippen LogP contribution in [0, 0.1) is 5.92 Å². The number of fused-ring (bicyclic) bond motifs is 1. The average molecular weight is 329 g/mol. The van der Waals surface area contributed by atoms with E-state index in [0.717, 1.165) is 12.8 Å². The van der Waals surface area contributed by atoms with E-state index in [0.29, 0.717) is 17.4 Å². The second kappa shape index (κ2) is 5.24. The van der Waals surface area contributed by atoms with E-state index in [4.69, 9.17) is 5.84 Å². The van der Waals surface area contributed by atoms with Crippen LogP contribution >= 0.6 is 11.3 Å². The highest BCUT2D eigenvalue weighted by atomic mass is 32.2. The lowest BCUT2D eigenvalue weighted by Crippen LogP contribution is -2.44. The molecule has 2 aromatic rings. The Bertz CT molecular complexity index is 751. The Balaban J connectivity index is 2.09. The molecule has 7 nitrogen and oxygen atoms in total. The Morgan fingerprint density at radius 2 is 2.24 bits per heavy atom. The maximum atomic E-state index is 13.0. The minimum absolute atomic E-state index is 0.0199. The zero-order valence-electron chi connectivity index (χ0n) is 12.0. The van der Waals surface area contributed by atoms with Gasteiger partial charge in [-0.1, -0.05) is 6.92 Å². The van der Waals surface area contributed by atoms with Gasteiger partial charge in [-0.2, -0.15) is 9.29 Å². The van der Waals surface area contributed by atoms with Gasteiger partial charge in [-0.25, -0.2) is 14.3 Å². The molecule has 0 radical (unpaired) electrons. The van der Waals surface area contributed by atoms with Gasteiger partial charge in [0.2, 0.25) is 5.03 Å². The standard InChI is InChI=1S/C12H19N5O2S2/c1-8-3-4-17(9(2)7-8)21(18,19)11-10(15-13)14-12-16(11)5-6-20-12/h5-6,8-9,15H,3-4,7,13H2,1-2H3. The van der Waals surface area contributed by atoms with Gasteiger partial charge in [-0.15, -0.1) is 11.3 Å². The van der Waals surface area contributed by atoms with Crippen molar-refractivity contribution in [2.45, 2.75) is 37.8 Å². The van der Waals surface area contributed by atoms with Crippen molar-refractivity contribution < 1.29 is 8.42 Å². The lowest BCUT2D eigenvalue weighted by atomic mass is 9.95. The molecule has 0 bridgehead atoms. The number of nitrogen functional groups attached to an aromatic ring is 1. The molecule has 3 N–H and O–H groups in total. The van der Waals surface area contributed by atoms with Crippen molar-refractivity contribution in [1.82, 2.24) is 13.7 Å². The van der Waals surface area contributed by atoms with Gasteiger partial charge in [0.15, 0.2) is 10.8 Å². The molecular weight excluding hydrogens is 310 g/mol. The van der Waals surface area contributed by atoms with Crippen LogP contribution in [0.25, 0.3) is 4.96 Å². The molecule has 1 fully saturated rings. The number of aromatic nitrogens is 2. The maximum Gasteiger partial charge on any atom is 0.263 e. The first-order valence-corrected chi connectivity index (χ1v) is 9.21. The Morgan fingerprint density at radius 3 is 2.90 bits per heavy atom. The largest absolute Gasteiger partial charge is 0.306 e. The van der Waals surface area contributed by atoms with E-state index < -0.39 is 10.0 Å². The van der Waals surface area contributed by atoms with Crippen molar-refractivity contribution >= 4 is 32.1 Å². The molecule has 0 aromatic carbocycles. The van der Waals surface area contributed by atoms with E-state index in [1.807, 2.05) is 12.3 Å². The van der Waals surface area contributed by atoms with E-state index in [1.54, 1.807) is 14.9 Å². The predicted octanol–water partition coefficient (Wildman–Crippen LogP) is 1.49. The summed E-state index contributed by atoms with van der Waals surface area (Å²) in [5, 5.41) is 1.94. The quantitative estimate of drug-likeness (QED) is 0.657. The number of hydrogen-bond acceptors (Lipinski definition) is 6. The molecule has 1 aliphatic rings. The van der Waals surface area contributed by atoms with Gasteiger partial charge in [-0.3, -0.25) is 4.40 Å². The third-order valence-electron chi connectivity index (χ3n) is 3.99. The van der Waals surface area contributed by atoms with Gasteiger partial charge in [0, 0.05) is 24.2 Å². The van der Waals surface area contributed by atoms with E-state index in [-0.39, 0.29) is 16.9 Å². The summed E-state index contributed by atoms with van der Waals surface area (Å²) in [6.45, 7) is 4.64. The van der Waals surface area contributed by atoms with Crippen molar-refractivity contribution in [3.63, 3.8) is 0 Å². The number of piperidine rings is 1. The van der Waals surface area contributed by atoms with Crippen molar-refractivity contribution in [3.8, 4) is 0 Å². The predicted molar refractivity (Wildman–Crippen MR) is 82.6 cm³/mol. The summed E-state index contributed by atoms with van der Waals surface area (Å²) in [4.78, 5) is 4.84. The first kappa shape index (κ1) is 14.8. The molecule has 21 heavy (non-hydrogen) atoms. The molecular formula is C12H19N5O2S2. The number of hydrogen-bond donors (Lipinski definition) is 2. The second-order valence-electron chi connectivity index (χ2n) is 5.56. The molecule has 2 aromatic heterocycles. The van der Waals surface area contributed by atoms with Gasteiger partial charge in [-0.05, 0) is 25.7 Å². The number of sulfonamides is 1. The number of nitrogens with zero attached hydrogens (tertiary/aromatic N) is 3.